The zero-order valence-electron chi connectivity index (χ0n) is 11.2. The molecule has 0 amide bonds. The molecule has 2 fully saturated rings. The Morgan fingerprint density at radius 2 is 1.74 bits per heavy atom. The average Bonchev–Trinajstić information content (AvgIpc) is 3.20. The van der Waals surface area contributed by atoms with Crippen molar-refractivity contribution in [1.82, 2.24) is 10.5 Å². The summed E-state index contributed by atoms with van der Waals surface area (Å²) < 4.78 is 8.19. The molecule has 112 valence electrons. The van der Waals surface area contributed by atoms with Gasteiger partial charge in [0.25, 0.3) is 0 Å². The fourth-order valence-electron chi connectivity index (χ4n) is 2.36. The van der Waals surface area contributed by atoms with Crippen LogP contribution in [0.5, 0.6) is 0 Å². The average molecular weight is 668 g/mol. The van der Waals surface area contributed by atoms with Gasteiger partial charge in [0.1, 0.15) is 0 Å². The van der Waals surface area contributed by atoms with Crippen molar-refractivity contribution in [1.29, 1.82) is 0 Å². The van der Waals surface area contributed by atoms with E-state index < -0.39 is 0 Å². The summed E-state index contributed by atoms with van der Waals surface area (Å²) in [6.07, 6.45) is 14.2. The van der Waals surface area contributed by atoms with Gasteiger partial charge in [0.2, 0.25) is 0 Å². The van der Waals surface area contributed by atoms with Crippen molar-refractivity contribution in [3.8, 4) is 0 Å². The van der Waals surface area contributed by atoms with Crippen LogP contribution < -0.4 is 0 Å². The van der Waals surface area contributed by atoms with Crippen LogP contribution in [0.4, 0.5) is 0 Å². The number of hydrogen-bond acceptors (Lipinski definition) is 1. The van der Waals surface area contributed by atoms with E-state index in [-0.39, 0.29) is 0 Å². The Labute approximate surface area is 154 Å². The second kappa shape index (κ2) is 8.08. The van der Waals surface area contributed by atoms with E-state index in [1.807, 2.05) is 0 Å². The molecule has 2 saturated carbocycles. The smallest absolute Gasteiger partial charge is 0.0311 e. The number of rotatable bonds is 2. The Kier molecular flexibility index (Phi) is 7.10. The monoisotopic (exact) mass is 668 g/mol. The van der Waals surface area contributed by atoms with Crippen molar-refractivity contribution in [2.75, 3.05) is 0 Å². The molecule has 2 aliphatic rings. The maximum atomic E-state index is 2.43. The van der Waals surface area contributed by atoms with E-state index in [1.165, 1.54) is 48.8 Å². The molecule has 0 atom stereocenters. The number of halogens is 2. The van der Waals surface area contributed by atoms with Gasteiger partial charge < -0.3 is 0 Å². The van der Waals surface area contributed by atoms with E-state index in [1.54, 1.807) is 0 Å². The molecule has 0 saturated heterocycles. The molecule has 0 N–H and O–H groups in total. The number of aryl methyl sites for hydroxylation is 1. The molecular weight excluding hydrogens is 647 g/mol. The minimum Gasteiger partial charge on any atom is -0.185 e. The standard InChI is InChI=1S/C10H16N2.C3H5I2N.Pt/c1-11-7-8-12(9-11)10-5-3-2-4-6-10;4-6(5)3-1-2-3;/h7-8,10H,2-6H2,1H3;3H,1-2H2;. The van der Waals surface area contributed by atoms with Crippen molar-refractivity contribution in [3.05, 3.63) is 16.2 Å². The molecular formula is C13H21I2N3Pt. The normalized spacial score (nSPS) is 20.3. The van der Waals surface area contributed by atoms with Gasteiger partial charge in [-0.25, -0.2) is 0 Å². The molecule has 1 aromatic rings. The first-order chi connectivity index (χ1) is 9.09. The van der Waals surface area contributed by atoms with Crippen molar-refractivity contribution in [2.24, 2.45) is 7.05 Å². The molecule has 0 spiro atoms. The molecule has 19 heavy (non-hydrogen) atoms. The van der Waals surface area contributed by atoms with Gasteiger partial charge in [0.05, 0.1) is 0 Å². The maximum absolute atomic E-state index is 2.43. The predicted octanol–water partition coefficient (Wildman–Crippen LogP) is 4.56. The van der Waals surface area contributed by atoms with Gasteiger partial charge in [-0.1, -0.05) is 0 Å². The Balaban J connectivity index is 0.000000186. The SMILES string of the molecule is Cn1ccn(C2CCCCC2)[c]1=[Pt].IN(I)C1CC1. The fourth-order valence-corrected chi connectivity index (χ4v) is 4.23. The molecule has 6 heteroatoms. The first-order valence-electron chi connectivity index (χ1n) is 6.89. The van der Waals surface area contributed by atoms with Gasteiger partial charge in [-0.05, 0) is 12.8 Å². The Morgan fingerprint density at radius 1 is 1.11 bits per heavy atom. The first-order valence-corrected chi connectivity index (χ1v) is 9.96. The second-order valence-electron chi connectivity index (χ2n) is 5.34. The third-order valence-electron chi connectivity index (χ3n) is 3.71. The molecule has 0 radical (unpaired) electrons. The largest absolute Gasteiger partial charge is 0.185 e. The van der Waals surface area contributed by atoms with E-state index in [4.69, 9.17) is 0 Å². The predicted molar refractivity (Wildman–Crippen MR) is 91.7 cm³/mol. The van der Waals surface area contributed by atoms with Gasteiger partial charge in [-0.2, -0.15) is 1.33 Å². The van der Waals surface area contributed by atoms with Crippen LogP contribution in [-0.2, 0) is 26.4 Å². The van der Waals surface area contributed by atoms with Crippen LogP contribution in [0.15, 0.2) is 12.4 Å². The summed E-state index contributed by atoms with van der Waals surface area (Å²) in [5.41, 5.74) is 0. The summed E-state index contributed by atoms with van der Waals surface area (Å²) in [6.45, 7) is 0. The van der Waals surface area contributed by atoms with Crippen LogP contribution in [0, 0.1) is 3.80 Å². The van der Waals surface area contributed by atoms with Crippen LogP contribution in [-0.4, -0.2) is 16.5 Å². The number of nitrogens with zero attached hydrogens (tertiary/aromatic N) is 3. The van der Waals surface area contributed by atoms with Crippen molar-refractivity contribution >= 4 is 45.7 Å². The molecule has 3 nitrogen and oxygen atoms in total. The topological polar surface area (TPSA) is 13.1 Å². The summed E-state index contributed by atoms with van der Waals surface area (Å²) in [5, 5.41) is 0. The molecule has 2 aliphatic carbocycles. The summed E-state index contributed by atoms with van der Waals surface area (Å²) >= 11 is 7.04. The van der Waals surface area contributed by atoms with Gasteiger partial charge >= 0.3 is 89.9 Å². The fraction of sp³-hybridized carbons (Fsp3) is 0.769. The number of imidazole rings is 1. The van der Waals surface area contributed by atoms with Crippen LogP contribution in [0.2, 0.25) is 0 Å². The van der Waals surface area contributed by atoms with Crippen molar-refractivity contribution < 1.29 is 19.4 Å². The summed E-state index contributed by atoms with van der Waals surface area (Å²) in [7, 11) is 2.11. The first kappa shape index (κ1) is 16.7. The van der Waals surface area contributed by atoms with E-state index in [0.717, 1.165) is 12.1 Å². The Morgan fingerprint density at radius 3 is 2.11 bits per heavy atom. The molecule has 1 heterocycles. The van der Waals surface area contributed by atoms with Gasteiger partial charge in [-0.3, -0.25) is 0 Å². The summed E-state index contributed by atoms with van der Waals surface area (Å²) in [6, 6.07) is 1.67. The molecule has 1 aromatic heterocycles. The number of aromatic nitrogens is 2. The molecule has 0 aliphatic heterocycles. The third kappa shape index (κ3) is 5.22. The maximum Gasteiger partial charge on any atom is 0.0311 e. The van der Waals surface area contributed by atoms with E-state index >= 15 is 0 Å². The quantitative estimate of drug-likeness (QED) is 0.333. The summed E-state index contributed by atoms with van der Waals surface area (Å²) in [4.78, 5) is 0. The van der Waals surface area contributed by atoms with Gasteiger partial charge in [0.15, 0.2) is 0 Å². The van der Waals surface area contributed by atoms with Crippen molar-refractivity contribution in [2.45, 2.75) is 57.0 Å². The zero-order valence-corrected chi connectivity index (χ0v) is 17.8. The Hall–Kier alpha value is 1.32. The molecule has 0 unspecified atom stereocenters. The van der Waals surface area contributed by atoms with Gasteiger partial charge in [-0.15, -0.1) is 0 Å². The van der Waals surface area contributed by atoms with E-state index in [0.29, 0.717) is 0 Å². The molecule has 0 bridgehead atoms. The second-order valence-corrected chi connectivity index (χ2v) is 10.3. The third-order valence-corrected chi connectivity index (χ3v) is 6.67. The van der Waals surface area contributed by atoms with Crippen LogP contribution in [0.1, 0.15) is 51.0 Å². The van der Waals surface area contributed by atoms with E-state index in [9.17, 15) is 0 Å². The molecule has 0 aromatic carbocycles. The van der Waals surface area contributed by atoms with Crippen molar-refractivity contribution in [3.63, 3.8) is 0 Å². The number of hydrogen-bond donors (Lipinski definition) is 0. The Bertz CT molecular complexity index is 445. The van der Waals surface area contributed by atoms with Crippen LogP contribution >= 0.6 is 45.7 Å². The van der Waals surface area contributed by atoms with Gasteiger partial charge in [0, 0.05) is 51.8 Å². The van der Waals surface area contributed by atoms with Crippen LogP contribution in [0.3, 0.4) is 0 Å². The molecule has 3 rings (SSSR count). The van der Waals surface area contributed by atoms with Crippen LogP contribution in [0.25, 0.3) is 0 Å². The minimum absolute atomic E-state index is 0.766. The van der Waals surface area contributed by atoms with E-state index in [2.05, 4.69) is 95.0 Å². The summed E-state index contributed by atoms with van der Waals surface area (Å²) in [5.74, 6) is 0. The zero-order chi connectivity index (χ0) is 13.8. The minimum atomic E-state index is 0.766.